The maximum absolute atomic E-state index is 11.3. The normalized spacial score (nSPS) is 10.4. The molecule has 74 valence electrons. The quantitative estimate of drug-likeness (QED) is 0.681. The van der Waals surface area contributed by atoms with Gasteiger partial charge in [0.1, 0.15) is 5.75 Å². The van der Waals surface area contributed by atoms with Gasteiger partial charge in [-0.05, 0) is 30.7 Å². The highest BCUT2D eigenvalue weighted by Crippen LogP contribution is 2.13. The molecule has 0 aliphatic carbocycles. The van der Waals surface area contributed by atoms with Gasteiger partial charge in [0.25, 0.3) is 0 Å². The number of rotatable bonds is 4. The molecule has 0 fully saturated rings. The van der Waals surface area contributed by atoms with Gasteiger partial charge in [0.05, 0.1) is 7.11 Å². The van der Waals surface area contributed by atoms with Crippen LogP contribution in [0.4, 0.5) is 0 Å². The lowest BCUT2D eigenvalue weighted by Crippen LogP contribution is -1.98. The fourth-order valence-electron chi connectivity index (χ4n) is 1.23. The molecule has 0 amide bonds. The molecule has 0 heterocycles. The van der Waals surface area contributed by atoms with Gasteiger partial charge >= 0.3 is 0 Å². The molecule has 1 aromatic rings. The Morgan fingerprint density at radius 3 is 2.93 bits per heavy atom. The summed E-state index contributed by atoms with van der Waals surface area (Å²) in [6, 6.07) is 7.55. The highest BCUT2D eigenvalue weighted by Gasteiger charge is 2.00. The van der Waals surface area contributed by atoms with Crippen molar-refractivity contribution in [2.45, 2.75) is 13.3 Å². The van der Waals surface area contributed by atoms with Crippen molar-refractivity contribution in [3.05, 3.63) is 42.0 Å². The van der Waals surface area contributed by atoms with E-state index in [1.165, 1.54) is 0 Å². The molecule has 0 bridgehead atoms. The van der Waals surface area contributed by atoms with Gasteiger partial charge in [-0.2, -0.15) is 0 Å². The molecule has 0 atom stereocenters. The van der Waals surface area contributed by atoms with Crippen molar-refractivity contribution in [2.75, 3.05) is 7.11 Å². The molecule has 0 spiro atoms. The largest absolute Gasteiger partial charge is 0.497 e. The number of ether oxygens (including phenoxy) is 1. The van der Waals surface area contributed by atoms with E-state index in [9.17, 15) is 4.79 Å². The number of hydrogen-bond donors (Lipinski definition) is 0. The summed E-state index contributed by atoms with van der Waals surface area (Å²) in [5.41, 5.74) is 0.979. The number of benzene rings is 1. The zero-order valence-corrected chi connectivity index (χ0v) is 8.49. The summed E-state index contributed by atoms with van der Waals surface area (Å²) in [7, 11) is 1.62. The Balaban J connectivity index is 2.71. The predicted octanol–water partition coefficient (Wildman–Crippen LogP) is 2.38. The molecule has 0 radical (unpaired) electrons. The van der Waals surface area contributed by atoms with Crippen LogP contribution in [0.3, 0.4) is 0 Å². The highest BCUT2D eigenvalue weighted by molar-refractivity contribution is 5.91. The Kier molecular flexibility index (Phi) is 3.92. The van der Waals surface area contributed by atoms with Gasteiger partial charge in [-0.1, -0.05) is 18.2 Å². The number of ketones is 1. The molecular weight excluding hydrogens is 176 g/mol. The molecular formula is C12H14O2. The summed E-state index contributed by atoms with van der Waals surface area (Å²) in [6.45, 7) is 1.84. The van der Waals surface area contributed by atoms with Crippen LogP contribution in [0.25, 0.3) is 0 Å². The second kappa shape index (κ2) is 5.22. The van der Waals surface area contributed by atoms with Crippen LogP contribution in [0.5, 0.6) is 5.75 Å². The van der Waals surface area contributed by atoms with Crippen molar-refractivity contribution in [1.82, 2.24) is 0 Å². The zero-order chi connectivity index (χ0) is 10.4. The van der Waals surface area contributed by atoms with E-state index in [4.69, 9.17) is 4.74 Å². The Labute approximate surface area is 84.2 Å². The minimum atomic E-state index is 0.112. The smallest absolute Gasteiger partial charge is 0.159 e. The summed E-state index contributed by atoms with van der Waals surface area (Å²) in [4.78, 5) is 11.3. The number of carbonyl (C=O) groups excluding carboxylic acids is 1. The average Bonchev–Trinajstić information content (AvgIpc) is 2.18. The van der Waals surface area contributed by atoms with Crippen molar-refractivity contribution < 1.29 is 9.53 Å². The molecule has 1 rings (SSSR count). The van der Waals surface area contributed by atoms with Gasteiger partial charge in [0.15, 0.2) is 5.78 Å². The Bertz CT molecular complexity index is 340. The van der Waals surface area contributed by atoms with E-state index in [0.29, 0.717) is 6.42 Å². The van der Waals surface area contributed by atoms with Gasteiger partial charge < -0.3 is 4.74 Å². The Morgan fingerprint density at radius 1 is 1.50 bits per heavy atom. The lowest BCUT2D eigenvalue weighted by atomic mass is 10.1. The number of methoxy groups -OCH3 is 1. The van der Waals surface area contributed by atoms with E-state index >= 15 is 0 Å². The van der Waals surface area contributed by atoms with Crippen LogP contribution in [0.2, 0.25) is 0 Å². The molecule has 0 aliphatic rings. The summed E-state index contributed by atoms with van der Waals surface area (Å²) >= 11 is 0. The average molecular weight is 190 g/mol. The predicted molar refractivity (Wildman–Crippen MR) is 56.5 cm³/mol. The van der Waals surface area contributed by atoms with Crippen LogP contribution in [-0.2, 0) is 11.2 Å². The molecule has 2 heteroatoms. The van der Waals surface area contributed by atoms with Gasteiger partial charge in [-0.15, -0.1) is 0 Å². The number of carbonyl (C=O) groups is 1. The standard InChI is InChI=1S/C12H14O2/c1-3-5-11(13)8-10-6-4-7-12(9-10)14-2/h3-7,9H,8H2,1-2H3. The third kappa shape index (κ3) is 3.05. The van der Waals surface area contributed by atoms with E-state index < -0.39 is 0 Å². The lowest BCUT2D eigenvalue weighted by Gasteiger charge is -2.01. The van der Waals surface area contributed by atoms with Crippen LogP contribution in [0.1, 0.15) is 12.5 Å². The molecule has 0 saturated heterocycles. The topological polar surface area (TPSA) is 26.3 Å². The molecule has 1 aromatic carbocycles. The van der Waals surface area contributed by atoms with E-state index in [1.807, 2.05) is 31.2 Å². The molecule has 0 unspecified atom stereocenters. The second-order valence-corrected chi connectivity index (χ2v) is 2.99. The first kappa shape index (κ1) is 10.5. The first-order chi connectivity index (χ1) is 6.76. The Morgan fingerprint density at radius 2 is 2.29 bits per heavy atom. The third-order valence-corrected chi connectivity index (χ3v) is 1.87. The van der Waals surface area contributed by atoms with Crippen LogP contribution >= 0.6 is 0 Å². The molecule has 14 heavy (non-hydrogen) atoms. The number of allylic oxidation sites excluding steroid dienone is 2. The SMILES string of the molecule is CC=CC(=O)Cc1cccc(OC)c1. The third-order valence-electron chi connectivity index (χ3n) is 1.87. The molecule has 0 saturated carbocycles. The first-order valence-electron chi connectivity index (χ1n) is 4.54. The maximum Gasteiger partial charge on any atom is 0.159 e. The molecule has 2 nitrogen and oxygen atoms in total. The summed E-state index contributed by atoms with van der Waals surface area (Å²) in [5.74, 6) is 0.900. The van der Waals surface area contributed by atoms with Crippen LogP contribution in [-0.4, -0.2) is 12.9 Å². The van der Waals surface area contributed by atoms with E-state index in [2.05, 4.69) is 0 Å². The summed E-state index contributed by atoms with van der Waals surface area (Å²) in [6.07, 6.45) is 3.77. The first-order valence-corrected chi connectivity index (χ1v) is 4.54. The Hall–Kier alpha value is -1.57. The molecule has 0 aromatic heterocycles. The van der Waals surface area contributed by atoms with Gasteiger partial charge in [0, 0.05) is 6.42 Å². The highest BCUT2D eigenvalue weighted by atomic mass is 16.5. The minimum absolute atomic E-state index is 0.112. The van der Waals surface area contributed by atoms with E-state index in [1.54, 1.807) is 19.3 Å². The van der Waals surface area contributed by atoms with Gasteiger partial charge in [0.2, 0.25) is 0 Å². The van der Waals surface area contributed by atoms with E-state index in [-0.39, 0.29) is 5.78 Å². The number of hydrogen-bond acceptors (Lipinski definition) is 2. The van der Waals surface area contributed by atoms with Crippen molar-refractivity contribution in [1.29, 1.82) is 0 Å². The summed E-state index contributed by atoms with van der Waals surface area (Å²) in [5, 5.41) is 0. The van der Waals surface area contributed by atoms with Crippen molar-refractivity contribution >= 4 is 5.78 Å². The fraction of sp³-hybridized carbons (Fsp3) is 0.250. The minimum Gasteiger partial charge on any atom is -0.497 e. The van der Waals surface area contributed by atoms with Gasteiger partial charge in [-0.3, -0.25) is 4.79 Å². The lowest BCUT2D eigenvalue weighted by molar-refractivity contribution is -0.114. The van der Waals surface area contributed by atoms with Gasteiger partial charge in [-0.25, -0.2) is 0 Å². The van der Waals surface area contributed by atoms with E-state index in [0.717, 1.165) is 11.3 Å². The fourth-order valence-corrected chi connectivity index (χ4v) is 1.23. The maximum atomic E-state index is 11.3. The van der Waals surface area contributed by atoms with Crippen molar-refractivity contribution in [3.63, 3.8) is 0 Å². The zero-order valence-electron chi connectivity index (χ0n) is 8.49. The second-order valence-electron chi connectivity index (χ2n) is 2.99. The van der Waals surface area contributed by atoms with Crippen LogP contribution < -0.4 is 4.74 Å². The van der Waals surface area contributed by atoms with Crippen LogP contribution in [0.15, 0.2) is 36.4 Å². The molecule has 0 N–H and O–H groups in total. The molecule has 0 aliphatic heterocycles. The van der Waals surface area contributed by atoms with Crippen LogP contribution in [0, 0.1) is 0 Å². The monoisotopic (exact) mass is 190 g/mol. The van der Waals surface area contributed by atoms with Crippen molar-refractivity contribution in [3.8, 4) is 5.75 Å². The van der Waals surface area contributed by atoms with Crippen molar-refractivity contribution in [2.24, 2.45) is 0 Å². The summed E-state index contributed by atoms with van der Waals surface area (Å²) < 4.78 is 5.07.